The number of ether oxygens (including phenoxy) is 3. The van der Waals surface area contributed by atoms with Crippen molar-refractivity contribution in [3.05, 3.63) is 72.6 Å². The van der Waals surface area contributed by atoms with Crippen molar-refractivity contribution in [2.75, 3.05) is 31.5 Å². The number of hydrogen-bond donors (Lipinski definition) is 3. The molecule has 5 N–H and O–H groups in total. The monoisotopic (exact) mass is 565 g/mol. The lowest BCUT2D eigenvalue weighted by Crippen LogP contribution is -2.28. The Hall–Kier alpha value is -4.33. The highest BCUT2D eigenvalue weighted by molar-refractivity contribution is 7.92. The van der Waals surface area contributed by atoms with Crippen LogP contribution in [0.15, 0.2) is 71.9 Å². The van der Waals surface area contributed by atoms with Gasteiger partial charge in [0.15, 0.2) is 23.1 Å². The first kappa shape index (κ1) is 28.7. The van der Waals surface area contributed by atoms with Gasteiger partial charge in [-0.1, -0.05) is 38.1 Å². The number of anilines is 1. The molecule has 2 heterocycles. The number of sulfonamides is 1. The number of aromatic nitrogens is 4. The number of rotatable bonds is 12. The predicted octanol–water partition coefficient (Wildman–Crippen LogP) is 3.11. The fourth-order valence-electron chi connectivity index (χ4n) is 3.56. The molecule has 0 spiro atoms. The van der Waals surface area contributed by atoms with Crippen LogP contribution in [0.3, 0.4) is 0 Å². The zero-order valence-electron chi connectivity index (χ0n) is 22.4. The van der Waals surface area contributed by atoms with Gasteiger partial charge in [0.05, 0.1) is 12.0 Å². The summed E-state index contributed by atoms with van der Waals surface area (Å²) in [5.41, 5.74) is 12.1. The summed E-state index contributed by atoms with van der Waals surface area (Å²) in [6.45, 7) is 4.60. The maximum Gasteiger partial charge on any atom is 0.263 e. The van der Waals surface area contributed by atoms with E-state index in [2.05, 4.69) is 24.7 Å². The number of para-hydroxylation sites is 2. The second-order valence-corrected chi connectivity index (χ2v) is 10.9. The smallest absolute Gasteiger partial charge is 0.263 e. The first-order valence-electron chi connectivity index (χ1n) is 12.3. The van der Waals surface area contributed by atoms with Gasteiger partial charge in [0.25, 0.3) is 15.9 Å². The Morgan fingerprint density at radius 2 is 1.57 bits per heavy atom. The third kappa shape index (κ3) is 6.45. The Morgan fingerprint density at radius 1 is 0.900 bits per heavy atom. The molecule has 0 aliphatic rings. The second-order valence-electron chi connectivity index (χ2n) is 9.21. The van der Waals surface area contributed by atoms with Gasteiger partial charge in [0, 0.05) is 30.9 Å². The Bertz CT molecular complexity index is 1550. The summed E-state index contributed by atoms with van der Waals surface area (Å²) in [6.07, 6.45) is 3.03. The van der Waals surface area contributed by atoms with Gasteiger partial charge in [-0.15, -0.1) is 0 Å². The molecule has 40 heavy (non-hydrogen) atoms. The molecule has 210 valence electrons. The summed E-state index contributed by atoms with van der Waals surface area (Å²) in [7, 11) is -2.67. The van der Waals surface area contributed by atoms with Gasteiger partial charge >= 0.3 is 0 Å². The van der Waals surface area contributed by atoms with Crippen LogP contribution in [0.1, 0.15) is 19.4 Å². The second kappa shape index (κ2) is 12.2. The van der Waals surface area contributed by atoms with E-state index in [4.69, 9.17) is 25.7 Å². The van der Waals surface area contributed by atoms with Crippen LogP contribution in [0.5, 0.6) is 23.1 Å². The van der Waals surface area contributed by atoms with Crippen LogP contribution in [0.2, 0.25) is 0 Å². The Kier molecular flexibility index (Phi) is 8.77. The Morgan fingerprint density at radius 3 is 2.20 bits per heavy atom. The van der Waals surface area contributed by atoms with Crippen molar-refractivity contribution in [3.63, 3.8) is 0 Å². The van der Waals surface area contributed by atoms with Crippen LogP contribution in [-0.2, 0) is 15.4 Å². The molecule has 0 saturated carbocycles. The summed E-state index contributed by atoms with van der Waals surface area (Å²) < 4.78 is 46.9. The average molecular weight is 566 g/mol. The third-order valence-corrected chi connectivity index (χ3v) is 7.28. The molecule has 4 rings (SSSR count). The SMILES string of the molecule is COc1ccccc1Oc1c(NS(=O)(=O)c2ccc(C(C)(C)CN)cc2)nc(-c2ncccn2)nc1OCCN. The number of nitrogens with two attached hydrogens (primary N) is 2. The minimum Gasteiger partial charge on any atom is -0.493 e. The van der Waals surface area contributed by atoms with Gasteiger partial charge in [-0.05, 0) is 35.9 Å². The molecule has 0 amide bonds. The Labute approximate surface area is 232 Å². The van der Waals surface area contributed by atoms with Crippen molar-refractivity contribution < 1.29 is 22.6 Å². The van der Waals surface area contributed by atoms with Gasteiger partial charge in [0.1, 0.15) is 6.61 Å². The molecule has 0 radical (unpaired) electrons. The fourth-order valence-corrected chi connectivity index (χ4v) is 4.57. The van der Waals surface area contributed by atoms with E-state index < -0.39 is 10.0 Å². The zero-order valence-corrected chi connectivity index (χ0v) is 23.2. The molecule has 2 aromatic carbocycles. The topological polar surface area (TPSA) is 177 Å². The van der Waals surface area contributed by atoms with Crippen LogP contribution < -0.4 is 30.4 Å². The standard InChI is InChI=1S/C27H31N7O5S/c1-27(2,17-29)18-9-11-19(12-10-18)40(35,36)34-23-22(39-21-8-5-4-7-20(21)37-3)26(38-16-13-28)33-25(32-23)24-30-14-6-15-31-24/h4-12,14-15H,13,16-17,28-29H2,1-3H3,(H,32,33,34). The van der Waals surface area contributed by atoms with E-state index in [9.17, 15) is 8.42 Å². The van der Waals surface area contributed by atoms with Crippen LogP contribution in [-0.4, -0.2) is 55.2 Å². The van der Waals surface area contributed by atoms with Crippen LogP contribution in [0, 0.1) is 0 Å². The van der Waals surface area contributed by atoms with Crippen molar-refractivity contribution in [2.45, 2.75) is 24.2 Å². The molecule has 0 unspecified atom stereocenters. The lowest BCUT2D eigenvalue weighted by molar-refractivity contribution is 0.296. The molecule has 0 aliphatic heterocycles. The third-order valence-electron chi connectivity index (χ3n) is 5.93. The summed E-state index contributed by atoms with van der Waals surface area (Å²) in [6, 6.07) is 14.9. The number of methoxy groups -OCH3 is 1. The summed E-state index contributed by atoms with van der Waals surface area (Å²) in [4.78, 5) is 17.2. The molecule has 0 fully saturated rings. The van der Waals surface area contributed by atoms with Crippen molar-refractivity contribution in [1.82, 2.24) is 19.9 Å². The van der Waals surface area contributed by atoms with E-state index in [-0.39, 0.29) is 58.3 Å². The highest BCUT2D eigenvalue weighted by atomic mass is 32.2. The van der Waals surface area contributed by atoms with Gasteiger partial charge in [-0.25, -0.2) is 23.4 Å². The van der Waals surface area contributed by atoms with Gasteiger partial charge < -0.3 is 25.7 Å². The fraction of sp³-hybridized carbons (Fsp3) is 0.259. The first-order valence-corrected chi connectivity index (χ1v) is 13.8. The van der Waals surface area contributed by atoms with E-state index in [1.54, 1.807) is 42.5 Å². The predicted molar refractivity (Wildman–Crippen MR) is 150 cm³/mol. The Balaban J connectivity index is 1.84. The molecule has 4 aromatic rings. The van der Waals surface area contributed by atoms with E-state index in [1.807, 2.05) is 13.8 Å². The molecule has 12 nitrogen and oxygen atoms in total. The molecule has 2 aromatic heterocycles. The first-order chi connectivity index (χ1) is 19.2. The maximum absolute atomic E-state index is 13.6. The largest absolute Gasteiger partial charge is 0.493 e. The van der Waals surface area contributed by atoms with Gasteiger partial charge in [0.2, 0.25) is 11.6 Å². The number of nitrogens with zero attached hydrogens (tertiary/aromatic N) is 4. The summed E-state index contributed by atoms with van der Waals surface area (Å²) >= 11 is 0. The van der Waals surface area contributed by atoms with Crippen LogP contribution in [0.25, 0.3) is 11.6 Å². The molecular weight excluding hydrogens is 534 g/mol. The van der Waals surface area contributed by atoms with Crippen LogP contribution in [0.4, 0.5) is 5.82 Å². The number of benzene rings is 2. The molecule has 0 bridgehead atoms. The summed E-state index contributed by atoms with van der Waals surface area (Å²) in [5, 5.41) is 0. The van der Waals surface area contributed by atoms with Crippen LogP contribution >= 0.6 is 0 Å². The summed E-state index contributed by atoms with van der Waals surface area (Å²) in [5.74, 6) is 0.490. The van der Waals surface area contributed by atoms with Crippen molar-refractivity contribution in [1.29, 1.82) is 0 Å². The lowest BCUT2D eigenvalue weighted by Gasteiger charge is -2.23. The number of hydrogen-bond acceptors (Lipinski definition) is 11. The highest BCUT2D eigenvalue weighted by Crippen LogP contribution is 2.41. The van der Waals surface area contributed by atoms with Crippen molar-refractivity contribution in [3.8, 4) is 34.8 Å². The minimum absolute atomic E-state index is 0.00728. The van der Waals surface area contributed by atoms with Crippen molar-refractivity contribution in [2.24, 2.45) is 11.5 Å². The van der Waals surface area contributed by atoms with E-state index in [0.29, 0.717) is 12.3 Å². The molecule has 0 saturated heterocycles. The van der Waals surface area contributed by atoms with E-state index in [0.717, 1.165) is 5.56 Å². The number of nitrogens with one attached hydrogen (secondary N) is 1. The normalized spacial score (nSPS) is 11.6. The zero-order chi connectivity index (χ0) is 28.8. The molecular formula is C27H31N7O5S. The van der Waals surface area contributed by atoms with E-state index in [1.165, 1.54) is 31.6 Å². The quantitative estimate of drug-likeness (QED) is 0.230. The average Bonchev–Trinajstić information content (AvgIpc) is 2.97. The molecule has 13 heteroatoms. The van der Waals surface area contributed by atoms with Gasteiger partial charge in [-0.2, -0.15) is 4.98 Å². The maximum atomic E-state index is 13.6. The molecule has 0 aliphatic carbocycles. The van der Waals surface area contributed by atoms with E-state index >= 15 is 0 Å². The highest BCUT2D eigenvalue weighted by Gasteiger charge is 2.26. The lowest BCUT2D eigenvalue weighted by atomic mass is 9.85. The van der Waals surface area contributed by atoms with Gasteiger partial charge in [-0.3, -0.25) is 4.72 Å². The minimum atomic E-state index is -4.15. The molecule has 0 atom stereocenters. The van der Waals surface area contributed by atoms with Crippen molar-refractivity contribution >= 4 is 15.8 Å².